The highest BCUT2D eigenvalue weighted by Crippen LogP contribution is 2.11. The molecule has 5 nitrogen and oxygen atoms in total. The van der Waals surface area contributed by atoms with Crippen LogP contribution in [0, 0.1) is 3.57 Å². The van der Waals surface area contributed by atoms with Crippen LogP contribution in [0.2, 0.25) is 0 Å². The minimum absolute atomic E-state index is 0.0123. The highest BCUT2D eigenvalue weighted by atomic mass is 127. The summed E-state index contributed by atoms with van der Waals surface area (Å²) in [5.74, 6) is -0.0417. The average molecular weight is 360 g/mol. The van der Waals surface area contributed by atoms with E-state index in [-0.39, 0.29) is 11.8 Å². The lowest BCUT2D eigenvalue weighted by molar-refractivity contribution is -0.885. The van der Waals surface area contributed by atoms with Crippen LogP contribution in [0.5, 0.6) is 0 Å². The molecule has 2 rings (SSSR count). The fourth-order valence-electron chi connectivity index (χ4n) is 1.91. The van der Waals surface area contributed by atoms with E-state index in [1.165, 1.54) is 0 Å². The first-order valence-electron chi connectivity index (χ1n) is 5.79. The minimum atomic E-state index is -0.0540. The summed E-state index contributed by atoms with van der Waals surface area (Å²) in [5, 5.41) is 5.60. The average Bonchev–Trinajstić information content (AvgIpc) is 2.28. The summed E-state index contributed by atoms with van der Waals surface area (Å²) in [4.78, 5) is 24.0. The van der Waals surface area contributed by atoms with Gasteiger partial charge in [-0.05, 0) is 40.8 Å². The normalized spacial score (nSPS) is 19.2. The molecule has 2 amide bonds. The van der Waals surface area contributed by atoms with Gasteiger partial charge in [0.15, 0.2) is 13.1 Å². The van der Waals surface area contributed by atoms with E-state index < -0.39 is 0 Å². The lowest BCUT2D eigenvalue weighted by atomic mass is 10.3. The highest BCUT2D eigenvalue weighted by molar-refractivity contribution is 14.1. The summed E-state index contributed by atoms with van der Waals surface area (Å²) in [7, 11) is 0. The van der Waals surface area contributed by atoms with Crippen LogP contribution in [0.25, 0.3) is 0 Å². The largest absolute Gasteiger partial charge is 0.346 e. The zero-order valence-corrected chi connectivity index (χ0v) is 12.0. The first kappa shape index (κ1) is 13.3. The molecule has 3 N–H and O–H groups in total. The van der Waals surface area contributed by atoms with Crippen molar-refractivity contribution >= 4 is 40.1 Å². The number of quaternary nitrogens is 1. The van der Waals surface area contributed by atoms with E-state index in [1.54, 1.807) is 0 Å². The van der Waals surface area contributed by atoms with Gasteiger partial charge in [0, 0.05) is 9.26 Å². The molecule has 96 valence electrons. The fourth-order valence-corrected chi connectivity index (χ4v) is 2.45. The highest BCUT2D eigenvalue weighted by Gasteiger charge is 2.21. The molecule has 0 aliphatic carbocycles. The van der Waals surface area contributed by atoms with Crippen LogP contribution < -0.4 is 15.5 Å². The van der Waals surface area contributed by atoms with Crippen LogP contribution >= 0.6 is 22.6 Å². The molecular formula is C12H15IN3O2+. The van der Waals surface area contributed by atoms with Gasteiger partial charge in [-0.1, -0.05) is 6.07 Å². The Morgan fingerprint density at radius 1 is 1.50 bits per heavy atom. The Hall–Kier alpha value is -1.15. The number of anilines is 1. The van der Waals surface area contributed by atoms with Crippen molar-refractivity contribution in [2.45, 2.75) is 0 Å². The van der Waals surface area contributed by atoms with Gasteiger partial charge in [-0.2, -0.15) is 0 Å². The van der Waals surface area contributed by atoms with E-state index in [1.807, 2.05) is 24.3 Å². The van der Waals surface area contributed by atoms with Crippen molar-refractivity contribution < 1.29 is 14.5 Å². The van der Waals surface area contributed by atoms with E-state index in [9.17, 15) is 9.59 Å². The third kappa shape index (κ3) is 3.95. The number of hydrogen-bond acceptors (Lipinski definition) is 2. The molecule has 1 saturated heterocycles. The van der Waals surface area contributed by atoms with Crippen LogP contribution in [0.15, 0.2) is 24.3 Å². The summed E-state index contributed by atoms with van der Waals surface area (Å²) in [6.07, 6.45) is 0. The van der Waals surface area contributed by atoms with E-state index in [0.717, 1.165) is 20.7 Å². The van der Waals surface area contributed by atoms with Gasteiger partial charge in [0.05, 0.1) is 13.1 Å². The van der Waals surface area contributed by atoms with Gasteiger partial charge in [-0.3, -0.25) is 9.59 Å². The molecule has 18 heavy (non-hydrogen) atoms. The lowest BCUT2D eigenvalue weighted by Gasteiger charge is -2.22. The summed E-state index contributed by atoms with van der Waals surface area (Å²) in [6.45, 7) is 2.15. The summed E-state index contributed by atoms with van der Waals surface area (Å²) >= 11 is 2.20. The van der Waals surface area contributed by atoms with Crippen LogP contribution in [0.3, 0.4) is 0 Å². The number of benzene rings is 1. The van der Waals surface area contributed by atoms with Crippen LogP contribution in [-0.4, -0.2) is 38.0 Å². The number of halogens is 1. The second-order valence-electron chi connectivity index (χ2n) is 4.26. The van der Waals surface area contributed by atoms with Gasteiger partial charge >= 0.3 is 0 Å². The Bertz CT molecular complexity index is 464. The minimum Gasteiger partial charge on any atom is -0.346 e. The van der Waals surface area contributed by atoms with Crippen LogP contribution in [-0.2, 0) is 9.59 Å². The number of amides is 2. The van der Waals surface area contributed by atoms with Crippen LogP contribution in [0.4, 0.5) is 5.69 Å². The molecule has 0 radical (unpaired) electrons. The molecule has 0 aromatic heterocycles. The van der Waals surface area contributed by atoms with Gasteiger partial charge in [0.1, 0.15) is 0 Å². The van der Waals surface area contributed by atoms with Gasteiger partial charge in [0.2, 0.25) is 0 Å². The molecule has 6 heteroatoms. The van der Waals surface area contributed by atoms with E-state index in [2.05, 4.69) is 33.2 Å². The number of piperazine rings is 1. The zero-order valence-electron chi connectivity index (χ0n) is 9.83. The van der Waals surface area contributed by atoms with Crippen molar-refractivity contribution in [2.24, 2.45) is 0 Å². The Kier molecular flexibility index (Phi) is 4.54. The second kappa shape index (κ2) is 6.14. The quantitative estimate of drug-likeness (QED) is 0.621. The smallest absolute Gasteiger partial charge is 0.279 e. The van der Waals surface area contributed by atoms with Gasteiger partial charge in [0.25, 0.3) is 11.8 Å². The second-order valence-corrected chi connectivity index (χ2v) is 5.51. The molecule has 1 aliphatic rings. The predicted molar refractivity (Wildman–Crippen MR) is 76.4 cm³/mol. The standard InChI is InChI=1S/C12H14IN3O2/c13-9-2-1-3-10(6-9)15-12(18)8-16-5-4-14-11(17)7-16/h1-3,6H,4-5,7-8H2,(H,14,17)(H,15,18)/p+1. The number of nitrogens with one attached hydrogen (secondary N) is 3. The third-order valence-corrected chi connectivity index (χ3v) is 3.40. The van der Waals surface area contributed by atoms with Gasteiger partial charge in [-0.25, -0.2) is 0 Å². The summed E-state index contributed by atoms with van der Waals surface area (Å²) < 4.78 is 1.08. The van der Waals surface area contributed by atoms with Crippen molar-refractivity contribution in [3.8, 4) is 0 Å². The Morgan fingerprint density at radius 3 is 3.06 bits per heavy atom. The number of carbonyl (C=O) groups is 2. The Balaban J connectivity index is 1.86. The van der Waals surface area contributed by atoms with Crippen molar-refractivity contribution in [1.29, 1.82) is 0 Å². The fraction of sp³-hybridized carbons (Fsp3) is 0.333. The van der Waals surface area contributed by atoms with Crippen molar-refractivity contribution in [3.05, 3.63) is 27.8 Å². The molecule has 1 aromatic carbocycles. The molecular weight excluding hydrogens is 345 g/mol. The molecule has 1 atom stereocenters. The lowest BCUT2D eigenvalue weighted by Crippen LogP contribution is -3.16. The number of rotatable bonds is 3. The maximum Gasteiger partial charge on any atom is 0.279 e. The SMILES string of the molecule is O=C1C[NH+](CC(=O)Nc2cccc(I)c2)CCN1. The van der Waals surface area contributed by atoms with E-state index in [4.69, 9.17) is 0 Å². The van der Waals surface area contributed by atoms with Crippen LogP contribution in [0.1, 0.15) is 0 Å². The number of carbonyl (C=O) groups excluding carboxylic acids is 2. The predicted octanol–water partition coefficient (Wildman–Crippen LogP) is -0.756. The topological polar surface area (TPSA) is 62.6 Å². The summed E-state index contributed by atoms with van der Waals surface area (Å²) in [5.41, 5.74) is 0.799. The van der Waals surface area contributed by atoms with Crippen molar-refractivity contribution in [3.63, 3.8) is 0 Å². The Labute approximate surface area is 119 Å². The molecule has 1 aliphatic heterocycles. The number of hydrogen-bond donors (Lipinski definition) is 3. The first-order valence-corrected chi connectivity index (χ1v) is 6.87. The van der Waals surface area contributed by atoms with E-state index >= 15 is 0 Å². The molecule has 1 aromatic rings. The molecule has 1 unspecified atom stereocenters. The Morgan fingerprint density at radius 2 is 2.33 bits per heavy atom. The maximum absolute atomic E-state index is 11.8. The zero-order chi connectivity index (χ0) is 13.0. The molecule has 1 fully saturated rings. The summed E-state index contributed by atoms with van der Waals surface area (Å²) in [6, 6.07) is 7.64. The van der Waals surface area contributed by atoms with E-state index in [0.29, 0.717) is 19.6 Å². The first-order chi connectivity index (χ1) is 8.63. The molecule has 0 spiro atoms. The van der Waals surface area contributed by atoms with Gasteiger partial charge < -0.3 is 15.5 Å². The molecule has 0 saturated carbocycles. The van der Waals surface area contributed by atoms with Crippen molar-refractivity contribution in [2.75, 3.05) is 31.5 Å². The third-order valence-electron chi connectivity index (χ3n) is 2.73. The maximum atomic E-state index is 11.8. The van der Waals surface area contributed by atoms with Crippen molar-refractivity contribution in [1.82, 2.24) is 5.32 Å². The van der Waals surface area contributed by atoms with Gasteiger partial charge in [-0.15, -0.1) is 0 Å². The molecule has 0 bridgehead atoms. The monoisotopic (exact) mass is 360 g/mol. The molecule has 1 heterocycles.